The van der Waals surface area contributed by atoms with E-state index in [1.54, 1.807) is 0 Å². The van der Waals surface area contributed by atoms with Crippen LogP contribution in [0.4, 0.5) is 0 Å². The fourth-order valence-electron chi connectivity index (χ4n) is 7.15. The lowest BCUT2D eigenvalue weighted by molar-refractivity contribution is -0.147. The molecule has 5 rings (SSSR count). The van der Waals surface area contributed by atoms with Crippen LogP contribution in [0.15, 0.2) is 30.3 Å². The van der Waals surface area contributed by atoms with E-state index < -0.39 is 6.10 Å². The van der Waals surface area contributed by atoms with Crippen LogP contribution in [0.3, 0.4) is 0 Å². The van der Waals surface area contributed by atoms with Gasteiger partial charge in [0.15, 0.2) is 0 Å². The fraction of sp³-hybridized carbons (Fsp3) is 0.731. The molecule has 1 spiro atoms. The summed E-state index contributed by atoms with van der Waals surface area (Å²) in [6.45, 7) is 6.82. The quantitative estimate of drug-likeness (QED) is 0.552. The number of carbonyl (C=O) groups excluding carboxylic acids is 1. The number of hydrogen-bond donors (Lipinski definition) is 1. The van der Waals surface area contributed by atoms with Gasteiger partial charge < -0.3 is 19.5 Å². The van der Waals surface area contributed by atoms with Crippen molar-refractivity contribution < 1.29 is 19.4 Å². The van der Waals surface area contributed by atoms with Gasteiger partial charge in [-0.15, -0.1) is 0 Å². The van der Waals surface area contributed by atoms with E-state index in [9.17, 15) is 9.90 Å². The summed E-state index contributed by atoms with van der Waals surface area (Å²) in [6.07, 6.45) is 5.23. The fourth-order valence-corrected chi connectivity index (χ4v) is 7.15. The monoisotopic (exact) mass is 427 g/mol. The Hall–Kier alpha value is -1.43. The van der Waals surface area contributed by atoms with E-state index in [1.165, 1.54) is 19.3 Å². The van der Waals surface area contributed by atoms with Crippen molar-refractivity contribution in [2.24, 2.45) is 29.1 Å². The predicted molar refractivity (Wildman–Crippen MR) is 118 cm³/mol. The Bertz CT molecular complexity index is 809. The van der Waals surface area contributed by atoms with Crippen LogP contribution < -0.4 is 0 Å². The summed E-state index contributed by atoms with van der Waals surface area (Å²) >= 11 is 0. The molecule has 1 aromatic carbocycles. The van der Waals surface area contributed by atoms with Crippen LogP contribution in [-0.2, 0) is 14.3 Å². The van der Waals surface area contributed by atoms with E-state index in [0.29, 0.717) is 18.4 Å². The number of carbonyl (C=O) groups is 1. The third-order valence-electron chi connectivity index (χ3n) is 8.87. The standard InChI is InChI=1S/C26H37NO4/c1-17(23(28)18-8-5-4-6-9-18)14-27(3)15-20-19-12-22-25(2,13-21(19)31-24(20)29)10-7-11-26(22)16-30-26/h4-6,8-9,17,19-23,28H,7,10-16H2,1-3H3/t17-,19+,20-,21-,22+,23-,25-,26-/m1/s1. The number of aliphatic hydroxyl groups is 1. The van der Waals surface area contributed by atoms with Gasteiger partial charge in [0.05, 0.1) is 24.2 Å². The average molecular weight is 428 g/mol. The van der Waals surface area contributed by atoms with Gasteiger partial charge in [0.1, 0.15) is 6.10 Å². The molecule has 31 heavy (non-hydrogen) atoms. The molecule has 2 aliphatic carbocycles. The molecule has 4 aliphatic rings. The second-order valence-electron chi connectivity index (χ2n) is 11.2. The Morgan fingerprint density at radius 1 is 1.26 bits per heavy atom. The molecule has 0 aromatic heterocycles. The summed E-state index contributed by atoms with van der Waals surface area (Å²) in [5.41, 5.74) is 1.28. The van der Waals surface area contributed by atoms with Gasteiger partial charge >= 0.3 is 5.97 Å². The van der Waals surface area contributed by atoms with Gasteiger partial charge in [-0.2, -0.15) is 0 Å². The summed E-state index contributed by atoms with van der Waals surface area (Å²) in [6, 6.07) is 9.83. The minimum atomic E-state index is -0.503. The summed E-state index contributed by atoms with van der Waals surface area (Å²) in [5.74, 6) is 0.832. The highest BCUT2D eigenvalue weighted by Gasteiger charge is 2.65. The lowest BCUT2D eigenvalue weighted by atomic mass is 9.53. The summed E-state index contributed by atoms with van der Waals surface area (Å²) in [5, 5.41) is 10.7. The molecular weight excluding hydrogens is 390 g/mol. The van der Waals surface area contributed by atoms with Crippen molar-refractivity contribution >= 4 is 5.97 Å². The zero-order valence-corrected chi connectivity index (χ0v) is 19.1. The molecule has 0 amide bonds. The first-order valence-electron chi connectivity index (χ1n) is 12.1. The number of ether oxygens (including phenoxy) is 2. The SMILES string of the molecule is C[C@H](CN(C)C[C@H]1C(=O)O[C@@H]2C[C@@]3(C)CCC[C@@]4(CO4)[C@H]3C[C@H]21)[C@@H](O)c1ccccc1. The molecule has 5 nitrogen and oxygen atoms in total. The smallest absolute Gasteiger partial charge is 0.310 e. The van der Waals surface area contributed by atoms with Crippen molar-refractivity contribution in [3.63, 3.8) is 0 Å². The van der Waals surface area contributed by atoms with E-state index in [1.807, 2.05) is 30.3 Å². The summed E-state index contributed by atoms with van der Waals surface area (Å²) in [4.78, 5) is 15.1. The van der Waals surface area contributed by atoms with E-state index in [4.69, 9.17) is 9.47 Å². The molecule has 2 heterocycles. The largest absolute Gasteiger partial charge is 0.462 e. The molecule has 4 fully saturated rings. The second-order valence-corrected chi connectivity index (χ2v) is 11.2. The van der Waals surface area contributed by atoms with Crippen LogP contribution in [-0.4, -0.2) is 54.4 Å². The average Bonchev–Trinajstić information content (AvgIpc) is 3.45. The van der Waals surface area contributed by atoms with Gasteiger partial charge in [-0.1, -0.05) is 44.2 Å². The molecule has 8 atom stereocenters. The number of hydrogen-bond acceptors (Lipinski definition) is 5. The maximum absolute atomic E-state index is 12.9. The Labute approximate surface area is 186 Å². The van der Waals surface area contributed by atoms with Crippen molar-refractivity contribution in [1.29, 1.82) is 0 Å². The van der Waals surface area contributed by atoms with Gasteiger partial charge in [0, 0.05) is 19.0 Å². The molecule has 0 radical (unpaired) electrons. The van der Waals surface area contributed by atoms with Gasteiger partial charge in [-0.3, -0.25) is 4.79 Å². The van der Waals surface area contributed by atoms with Crippen LogP contribution in [0.5, 0.6) is 0 Å². The number of nitrogens with zero attached hydrogens (tertiary/aromatic N) is 1. The number of fused-ring (bicyclic) bond motifs is 3. The normalized spacial score (nSPS) is 40.9. The molecule has 2 aliphatic heterocycles. The topological polar surface area (TPSA) is 62.3 Å². The number of benzene rings is 1. The highest BCUT2D eigenvalue weighted by molar-refractivity contribution is 5.75. The van der Waals surface area contributed by atoms with E-state index in [0.717, 1.165) is 31.6 Å². The van der Waals surface area contributed by atoms with Crippen molar-refractivity contribution in [3.05, 3.63) is 35.9 Å². The van der Waals surface area contributed by atoms with Crippen LogP contribution in [0.25, 0.3) is 0 Å². The van der Waals surface area contributed by atoms with Crippen molar-refractivity contribution in [1.82, 2.24) is 4.90 Å². The molecule has 2 saturated carbocycles. The molecule has 1 aromatic rings. The first-order valence-corrected chi connectivity index (χ1v) is 12.1. The molecule has 5 heteroatoms. The minimum Gasteiger partial charge on any atom is -0.462 e. The van der Waals surface area contributed by atoms with Gasteiger partial charge in [0.2, 0.25) is 0 Å². The molecule has 0 bridgehead atoms. The third kappa shape index (κ3) is 3.83. The number of epoxide rings is 1. The van der Waals surface area contributed by atoms with Crippen molar-refractivity contribution in [3.8, 4) is 0 Å². The van der Waals surface area contributed by atoms with Gasteiger partial charge in [0.25, 0.3) is 0 Å². The highest BCUT2D eigenvalue weighted by Crippen LogP contribution is 2.62. The Morgan fingerprint density at radius 2 is 2.00 bits per heavy atom. The number of rotatable bonds is 6. The zero-order valence-electron chi connectivity index (χ0n) is 19.1. The molecule has 170 valence electrons. The molecule has 2 saturated heterocycles. The number of esters is 1. The summed E-state index contributed by atoms with van der Waals surface area (Å²) < 4.78 is 12.0. The van der Waals surface area contributed by atoms with E-state index >= 15 is 0 Å². The van der Waals surface area contributed by atoms with Crippen LogP contribution in [0.2, 0.25) is 0 Å². The lowest BCUT2D eigenvalue weighted by Gasteiger charge is -2.51. The molecule has 0 unspecified atom stereocenters. The number of aliphatic hydroxyl groups excluding tert-OH is 1. The minimum absolute atomic E-state index is 0.0221. The van der Waals surface area contributed by atoms with Crippen molar-refractivity contribution in [2.75, 3.05) is 26.7 Å². The van der Waals surface area contributed by atoms with Crippen LogP contribution in [0, 0.1) is 29.1 Å². The van der Waals surface area contributed by atoms with Gasteiger partial charge in [-0.05, 0) is 62.0 Å². The van der Waals surface area contributed by atoms with Gasteiger partial charge in [-0.25, -0.2) is 0 Å². The third-order valence-corrected chi connectivity index (χ3v) is 8.87. The van der Waals surface area contributed by atoms with E-state index in [2.05, 4.69) is 25.8 Å². The Balaban J connectivity index is 1.24. The molecule has 1 N–H and O–H groups in total. The zero-order chi connectivity index (χ0) is 21.8. The maximum atomic E-state index is 12.9. The summed E-state index contributed by atoms with van der Waals surface area (Å²) in [7, 11) is 2.06. The highest BCUT2D eigenvalue weighted by atomic mass is 16.6. The Morgan fingerprint density at radius 3 is 2.71 bits per heavy atom. The van der Waals surface area contributed by atoms with Crippen LogP contribution in [0.1, 0.15) is 57.6 Å². The van der Waals surface area contributed by atoms with E-state index in [-0.39, 0.29) is 34.9 Å². The second kappa shape index (κ2) is 7.86. The van der Waals surface area contributed by atoms with Crippen molar-refractivity contribution in [2.45, 2.75) is 63.8 Å². The molecular formula is C26H37NO4. The first kappa shape index (κ1) is 21.4. The van der Waals surface area contributed by atoms with Crippen LogP contribution >= 0.6 is 0 Å². The first-order chi connectivity index (χ1) is 14.8. The predicted octanol–water partition coefficient (Wildman–Crippen LogP) is 3.81. The Kier molecular flexibility index (Phi) is 5.43. The maximum Gasteiger partial charge on any atom is 0.310 e. The lowest BCUT2D eigenvalue weighted by Crippen LogP contribution is -2.51.